The van der Waals surface area contributed by atoms with Crippen molar-refractivity contribution in [2.45, 2.75) is 38.6 Å². The Morgan fingerprint density at radius 2 is 0.980 bits per heavy atom. The lowest BCUT2D eigenvalue weighted by molar-refractivity contribution is 0.696. The molecule has 0 N–H and O–H groups in total. The van der Waals surface area contributed by atoms with Gasteiger partial charge >= 0.3 is 0 Å². The molecule has 236 valence electrons. The van der Waals surface area contributed by atoms with Crippen molar-refractivity contribution in [1.82, 2.24) is 0 Å². The second-order valence-electron chi connectivity index (χ2n) is 13.4. The molecule has 0 atom stereocenters. The Kier molecular flexibility index (Phi) is 7.09. The van der Waals surface area contributed by atoms with Crippen LogP contribution in [0.2, 0.25) is 0 Å². The van der Waals surface area contributed by atoms with Gasteiger partial charge in [-0.1, -0.05) is 159 Å². The van der Waals surface area contributed by atoms with Crippen LogP contribution >= 0.6 is 0 Å². The Balaban J connectivity index is 1.48. The maximum absolute atomic E-state index is 2.60. The molecule has 2 heterocycles. The summed E-state index contributed by atoms with van der Waals surface area (Å²) in [4.78, 5) is 2.60. The average molecular weight is 630 g/mol. The maximum atomic E-state index is 2.60. The minimum atomic E-state index is -0.559. The molecule has 2 aliphatic heterocycles. The molecule has 0 aromatic heterocycles. The van der Waals surface area contributed by atoms with Gasteiger partial charge in [-0.05, 0) is 97.8 Å². The van der Waals surface area contributed by atoms with E-state index in [2.05, 4.69) is 183 Å². The zero-order chi connectivity index (χ0) is 33.0. The molecule has 0 saturated heterocycles. The predicted octanol–water partition coefficient (Wildman–Crippen LogP) is 12.2. The van der Waals surface area contributed by atoms with E-state index in [1.54, 1.807) is 0 Å². The Hall–Kier alpha value is -5.66. The molecule has 7 aromatic carbocycles. The number of hydrogen-bond donors (Lipinski definition) is 0. The van der Waals surface area contributed by atoms with E-state index >= 15 is 0 Å². The van der Waals surface area contributed by atoms with Crippen molar-refractivity contribution in [1.29, 1.82) is 0 Å². The summed E-state index contributed by atoms with van der Waals surface area (Å²) in [6.45, 7) is 5.48. The van der Waals surface area contributed by atoms with E-state index in [4.69, 9.17) is 0 Å². The van der Waals surface area contributed by atoms with Crippen molar-refractivity contribution >= 4 is 11.4 Å². The summed E-state index contributed by atoms with van der Waals surface area (Å²) in [5, 5.41) is 0. The Labute approximate surface area is 290 Å². The van der Waals surface area contributed by atoms with Crippen LogP contribution in [-0.4, -0.2) is 0 Å². The molecule has 0 amide bonds. The third-order valence-corrected chi connectivity index (χ3v) is 10.9. The summed E-state index contributed by atoms with van der Waals surface area (Å²) in [6, 6.07) is 61.5. The fourth-order valence-electron chi connectivity index (χ4n) is 8.71. The average Bonchev–Trinajstić information content (AvgIpc) is 3.18. The number of nitrogens with zero attached hydrogens (tertiary/aromatic N) is 1. The highest BCUT2D eigenvalue weighted by atomic mass is 15.2. The minimum absolute atomic E-state index is 0.559. The first-order chi connectivity index (χ1) is 24.2. The highest BCUT2D eigenvalue weighted by Crippen LogP contribution is 2.61. The monoisotopic (exact) mass is 629 g/mol. The lowest BCUT2D eigenvalue weighted by Gasteiger charge is -2.50. The quantitative estimate of drug-likeness (QED) is 0.177. The van der Waals surface area contributed by atoms with Gasteiger partial charge in [0.15, 0.2) is 0 Å². The zero-order valence-corrected chi connectivity index (χ0v) is 28.2. The second kappa shape index (κ2) is 11.8. The Morgan fingerprint density at radius 1 is 0.449 bits per heavy atom. The highest BCUT2D eigenvalue weighted by Gasteiger charge is 2.49. The smallest absolute Gasteiger partial charge is 0.0748 e. The fourth-order valence-corrected chi connectivity index (χ4v) is 8.71. The third kappa shape index (κ3) is 4.46. The summed E-state index contributed by atoms with van der Waals surface area (Å²) in [5.74, 6) is 0. The third-order valence-electron chi connectivity index (χ3n) is 10.9. The molecule has 0 saturated carbocycles. The predicted molar refractivity (Wildman–Crippen MR) is 206 cm³/mol. The molecule has 1 nitrogen and oxygen atoms in total. The first-order valence-electron chi connectivity index (χ1n) is 17.7. The van der Waals surface area contributed by atoms with Gasteiger partial charge in [0, 0.05) is 17.8 Å². The lowest BCUT2D eigenvalue weighted by Crippen LogP contribution is -2.41. The number of aryl methyl sites for hydroxylation is 2. The first kappa shape index (κ1) is 29.5. The van der Waals surface area contributed by atoms with Gasteiger partial charge in [-0.2, -0.15) is 0 Å². The molecule has 2 aliphatic rings. The molecule has 0 fully saturated rings. The van der Waals surface area contributed by atoms with Crippen molar-refractivity contribution in [2.75, 3.05) is 4.90 Å². The van der Waals surface area contributed by atoms with Crippen LogP contribution in [0, 0.1) is 0 Å². The van der Waals surface area contributed by atoms with E-state index in [1.807, 2.05) is 0 Å². The van der Waals surface area contributed by atoms with Gasteiger partial charge in [0.05, 0.1) is 11.1 Å². The van der Waals surface area contributed by atoms with Crippen molar-refractivity contribution in [3.63, 3.8) is 0 Å². The summed E-state index contributed by atoms with van der Waals surface area (Å²) in [6.07, 6.45) is 1.88. The van der Waals surface area contributed by atoms with Gasteiger partial charge < -0.3 is 4.90 Å². The van der Waals surface area contributed by atoms with Crippen LogP contribution < -0.4 is 4.90 Å². The van der Waals surface area contributed by atoms with Crippen LogP contribution in [0.1, 0.15) is 52.8 Å². The molecule has 0 unspecified atom stereocenters. The van der Waals surface area contributed by atoms with Crippen molar-refractivity contribution in [3.05, 3.63) is 203 Å². The van der Waals surface area contributed by atoms with Gasteiger partial charge in [-0.25, -0.2) is 0 Å². The summed E-state index contributed by atoms with van der Waals surface area (Å²) in [7, 11) is 0. The van der Waals surface area contributed by atoms with Crippen LogP contribution in [0.15, 0.2) is 164 Å². The van der Waals surface area contributed by atoms with Crippen LogP contribution in [0.5, 0.6) is 0 Å². The van der Waals surface area contributed by atoms with Gasteiger partial charge in [0.25, 0.3) is 0 Å². The zero-order valence-electron chi connectivity index (χ0n) is 28.2. The normalized spacial score (nSPS) is 13.7. The molecule has 0 radical (unpaired) electrons. The van der Waals surface area contributed by atoms with E-state index in [0.29, 0.717) is 0 Å². The van der Waals surface area contributed by atoms with Gasteiger partial charge in [-0.3, -0.25) is 0 Å². The van der Waals surface area contributed by atoms with Crippen molar-refractivity contribution in [2.24, 2.45) is 0 Å². The highest BCUT2D eigenvalue weighted by molar-refractivity contribution is 5.96. The molecular formula is C48H39N. The maximum Gasteiger partial charge on any atom is 0.0748 e. The summed E-state index contributed by atoms with van der Waals surface area (Å²) >= 11 is 0. The van der Waals surface area contributed by atoms with Crippen molar-refractivity contribution in [3.8, 4) is 33.4 Å². The van der Waals surface area contributed by atoms with E-state index in [1.165, 1.54) is 83.7 Å². The Morgan fingerprint density at radius 3 is 1.61 bits per heavy atom. The number of para-hydroxylation sites is 2. The molecule has 0 aliphatic carbocycles. The summed E-state index contributed by atoms with van der Waals surface area (Å²) < 4.78 is 0. The first-order valence-corrected chi connectivity index (χ1v) is 17.7. The van der Waals surface area contributed by atoms with Gasteiger partial charge in [0.1, 0.15) is 0 Å². The molecular weight excluding hydrogens is 591 g/mol. The standard InChI is InChI=1S/C48H39N/c1-3-33-26-28-37(35-16-7-5-8-17-35)30-44(33)48(45-31-38(29-27-34(45)4-2)36-18-9-6-10-19-36)42-23-13-14-25-46(42)49-32-39-20-11-12-21-40(39)41-22-15-24-43(48)47(41)49/h5-31H,3-4,32H2,1-2H3. The summed E-state index contributed by atoms with van der Waals surface area (Å²) in [5.41, 5.74) is 19.3. The molecule has 0 bridgehead atoms. The minimum Gasteiger partial charge on any atom is -0.336 e. The number of rotatable bonds is 6. The van der Waals surface area contributed by atoms with Crippen LogP contribution in [0.3, 0.4) is 0 Å². The number of fused-ring (bicyclic) bond motifs is 4. The topological polar surface area (TPSA) is 3.24 Å². The van der Waals surface area contributed by atoms with Gasteiger partial charge in [-0.15, -0.1) is 0 Å². The number of benzene rings is 7. The van der Waals surface area contributed by atoms with Crippen molar-refractivity contribution < 1.29 is 0 Å². The van der Waals surface area contributed by atoms with Crippen LogP contribution in [-0.2, 0) is 24.8 Å². The number of anilines is 2. The van der Waals surface area contributed by atoms with E-state index < -0.39 is 5.41 Å². The molecule has 49 heavy (non-hydrogen) atoms. The lowest BCUT2D eigenvalue weighted by atomic mass is 9.59. The van der Waals surface area contributed by atoms with Crippen LogP contribution in [0.4, 0.5) is 11.4 Å². The molecule has 7 aromatic rings. The van der Waals surface area contributed by atoms with E-state index in [-0.39, 0.29) is 0 Å². The molecule has 0 spiro atoms. The fraction of sp³-hybridized carbons (Fsp3) is 0.125. The van der Waals surface area contributed by atoms with E-state index in [0.717, 1.165) is 19.4 Å². The van der Waals surface area contributed by atoms with Gasteiger partial charge in [0.2, 0.25) is 0 Å². The molecule has 9 rings (SSSR count). The Bertz CT molecular complexity index is 2240. The van der Waals surface area contributed by atoms with Crippen LogP contribution in [0.25, 0.3) is 33.4 Å². The number of hydrogen-bond acceptors (Lipinski definition) is 1. The molecule has 1 heteroatoms. The largest absolute Gasteiger partial charge is 0.336 e. The SMILES string of the molecule is CCc1ccc(-c2ccccc2)cc1C1(c2cc(-c3ccccc3)ccc2CC)c2ccccc2N2Cc3ccccc3-c3cccc1c32. The van der Waals surface area contributed by atoms with E-state index in [9.17, 15) is 0 Å². The second-order valence-corrected chi connectivity index (χ2v) is 13.4.